The van der Waals surface area contributed by atoms with E-state index in [1.165, 1.54) is 0 Å². The number of rotatable bonds is 9. The molecule has 0 bridgehead atoms. The summed E-state index contributed by atoms with van der Waals surface area (Å²) in [6.45, 7) is 1.73. The van der Waals surface area contributed by atoms with Crippen LogP contribution in [0.5, 0.6) is 11.5 Å². The van der Waals surface area contributed by atoms with Crippen molar-refractivity contribution in [1.82, 2.24) is 9.97 Å². The molecule has 8 nitrogen and oxygen atoms in total. The van der Waals surface area contributed by atoms with Gasteiger partial charge in [-0.2, -0.15) is 0 Å². The van der Waals surface area contributed by atoms with E-state index in [4.69, 9.17) is 25.8 Å². The number of ether oxygens (including phenoxy) is 3. The minimum Gasteiger partial charge on any atom is -0.493 e. The first-order valence-corrected chi connectivity index (χ1v) is 12.4. The molecule has 0 saturated carbocycles. The maximum absolute atomic E-state index is 12.5. The summed E-state index contributed by atoms with van der Waals surface area (Å²) in [6.07, 6.45) is 4.98. The Hall–Kier alpha value is -4.01. The summed E-state index contributed by atoms with van der Waals surface area (Å²) < 4.78 is 17.3. The molecular formula is C28H27ClN4O4. The summed E-state index contributed by atoms with van der Waals surface area (Å²) >= 11 is 6.50. The van der Waals surface area contributed by atoms with Gasteiger partial charge >= 0.3 is 6.03 Å². The van der Waals surface area contributed by atoms with Gasteiger partial charge in [0.05, 0.1) is 31.8 Å². The van der Waals surface area contributed by atoms with E-state index in [0.717, 1.165) is 29.0 Å². The summed E-state index contributed by atoms with van der Waals surface area (Å²) in [4.78, 5) is 19.8. The van der Waals surface area contributed by atoms with E-state index in [0.29, 0.717) is 48.4 Å². The monoisotopic (exact) mass is 518 g/mol. The molecule has 2 heterocycles. The van der Waals surface area contributed by atoms with Crippen molar-refractivity contribution in [3.63, 3.8) is 0 Å². The largest absolute Gasteiger partial charge is 0.493 e. The fraction of sp³-hybridized carbons (Fsp3) is 0.214. The second-order valence-electron chi connectivity index (χ2n) is 8.57. The molecule has 9 heteroatoms. The number of nitrogens with zero attached hydrogens (tertiary/aromatic N) is 1. The van der Waals surface area contributed by atoms with Gasteiger partial charge in [-0.25, -0.2) is 9.78 Å². The number of hydrogen-bond acceptors (Lipinski definition) is 5. The third-order valence-corrected chi connectivity index (χ3v) is 6.24. The number of para-hydroxylation sites is 1. The maximum atomic E-state index is 12.5. The fourth-order valence-electron chi connectivity index (χ4n) is 4.05. The van der Waals surface area contributed by atoms with E-state index in [2.05, 4.69) is 20.6 Å². The molecule has 1 aromatic heterocycles. The summed E-state index contributed by atoms with van der Waals surface area (Å²) in [5.41, 5.74) is 3.89. The Labute approximate surface area is 219 Å². The molecule has 0 radical (unpaired) electrons. The van der Waals surface area contributed by atoms with Crippen LogP contribution in [0, 0.1) is 0 Å². The van der Waals surface area contributed by atoms with Crippen molar-refractivity contribution in [3.8, 4) is 22.8 Å². The number of imidazole rings is 1. The lowest BCUT2D eigenvalue weighted by Gasteiger charge is -2.14. The SMILES string of the molecule is O=C(Nc1cccc(OC2CCOC2)c1)Nc1ccc(CCOc2ccccc2-c2c[nH]cn2)c(Cl)c1. The van der Waals surface area contributed by atoms with Crippen LogP contribution in [0.4, 0.5) is 16.2 Å². The molecule has 2 amide bonds. The van der Waals surface area contributed by atoms with E-state index in [1.54, 1.807) is 24.5 Å². The van der Waals surface area contributed by atoms with Gasteiger partial charge in [-0.15, -0.1) is 0 Å². The first-order valence-electron chi connectivity index (χ1n) is 12.1. The molecule has 1 unspecified atom stereocenters. The molecule has 190 valence electrons. The summed E-state index contributed by atoms with van der Waals surface area (Å²) in [5, 5.41) is 6.20. The van der Waals surface area contributed by atoms with Gasteiger partial charge in [-0.05, 0) is 42.0 Å². The van der Waals surface area contributed by atoms with Crippen LogP contribution in [-0.2, 0) is 11.2 Å². The number of amides is 2. The zero-order valence-electron chi connectivity index (χ0n) is 20.1. The molecule has 1 aliphatic rings. The normalized spacial score (nSPS) is 14.8. The molecule has 1 fully saturated rings. The van der Waals surface area contributed by atoms with E-state index < -0.39 is 0 Å². The molecule has 1 atom stereocenters. The van der Waals surface area contributed by atoms with Gasteiger partial charge in [-0.3, -0.25) is 0 Å². The molecule has 3 aromatic carbocycles. The standard InChI is InChI=1S/C28H27ClN4O4/c29-25-15-21(33-28(34)32-20-4-3-5-22(14-20)37-23-11-12-35-17-23)9-8-19(25)10-13-36-27-7-2-1-6-24(27)26-16-30-18-31-26/h1-9,14-16,18,23H,10-13,17H2,(H,30,31)(H2,32,33,34). The van der Waals surface area contributed by atoms with Crippen molar-refractivity contribution >= 4 is 29.0 Å². The molecule has 1 saturated heterocycles. The van der Waals surface area contributed by atoms with Crippen molar-refractivity contribution in [1.29, 1.82) is 0 Å². The second-order valence-corrected chi connectivity index (χ2v) is 8.97. The van der Waals surface area contributed by atoms with Gasteiger partial charge in [0.15, 0.2) is 0 Å². The molecule has 0 aliphatic carbocycles. The van der Waals surface area contributed by atoms with Gasteiger partial charge in [0, 0.05) is 47.1 Å². The zero-order valence-corrected chi connectivity index (χ0v) is 20.8. The Morgan fingerprint density at radius 2 is 1.95 bits per heavy atom. The van der Waals surface area contributed by atoms with Crippen LogP contribution in [0.1, 0.15) is 12.0 Å². The predicted molar refractivity (Wildman–Crippen MR) is 144 cm³/mol. The fourth-order valence-corrected chi connectivity index (χ4v) is 4.32. The predicted octanol–water partition coefficient (Wildman–Crippen LogP) is 6.16. The highest BCUT2D eigenvalue weighted by Gasteiger charge is 2.17. The van der Waals surface area contributed by atoms with Crippen LogP contribution in [-0.4, -0.2) is 41.9 Å². The molecule has 37 heavy (non-hydrogen) atoms. The van der Waals surface area contributed by atoms with Crippen LogP contribution in [0.25, 0.3) is 11.3 Å². The molecule has 3 N–H and O–H groups in total. The number of benzene rings is 3. The Balaban J connectivity index is 1.14. The number of urea groups is 1. The van der Waals surface area contributed by atoms with Gasteiger partial charge in [0.25, 0.3) is 0 Å². The Bertz CT molecular complexity index is 1340. The number of hydrogen-bond donors (Lipinski definition) is 3. The number of carbonyl (C=O) groups excluding carboxylic acids is 1. The van der Waals surface area contributed by atoms with Crippen molar-refractivity contribution in [2.75, 3.05) is 30.5 Å². The number of halogens is 1. The summed E-state index contributed by atoms with van der Waals surface area (Å²) in [6, 6.07) is 20.1. The minimum absolute atomic E-state index is 0.0426. The van der Waals surface area contributed by atoms with E-state index in [-0.39, 0.29) is 12.1 Å². The number of H-pyrrole nitrogens is 1. The lowest BCUT2D eigenvalue weighted by Crippen LogP contribution is -2.20. The Morgan fingerprint density at radius 3 is 2.73 bits per heavy atom. The third-order valence-electron chi connectivity index (χ3n) is 5.88. The zero-order chi connectivity index (χ0) is 25.5. The average molecular weight is 519 g/mol. The average Bonchev–Trinajstić information content (AvgIpc) is 3.61. The number of anilines is 2. The van der Waals surface area contributed by atoms with E-state index in [1.807, 2.05) is 54.7 Å². The lowest BCUT2D eigenvalue weighted by molar-refractivity contribution is 0.141. The Kier molecular flexibility index (Phi) is 7.88. The van der Waals surface area contributed by atoms with Gasteiger partial charge < -0.3 is 29.8 Å². The third kappa shape index (κ3) is 6.61. The number of aromatic amines is 1. The van der Waals surface area contributed by atoms with Crippen LogP contribution < -0.4 is 20.1 Å². The van der Waals surface area contributed by atoms with Crippen molar-refractivity contribution < 1.29 is 19.0 Å². The molecule has 5 rings (SSSR count). The van der Waals surface area contributed by atoms with Crippen molar-refractivity contribution in [2.24, 2.45) is 0 Å². The van der Waals surface area contributed by atoms with E-state index in [9.17, 15) is 4.79 Å². The highest BCUT2D eigenvalue weighted by molar-refractivity contribution is 6.31. The van der Waals surface area contributed by atoms with Crippen molar-refractivity contribution in [3.05, 3.63) is 89.8 Å². The lowest BCUT2D eigenvalue weighted by atomic mass is 10.1. The number of carbonyl (C=O) groups is 1. The molecule has 4 aromatic rings. The summed E-state index contributed by atoms with van der Waals surface area (Å²) in [7, 11) is 0. The van der Waals surface area contributed by atoms with Gasteiger partial charge in [-0.1, -0.05) is 35.9 Å². The molecule has 1 aliphatic heterocycles. The molecular weight excluding hydrogens is 492 g/mol. The topological polar surface area (TPSA) is 97.5 Å². The first kappa shape index (κ1) is 24.7. The first-order chi connectivity index (χ1) is 18.1. The van der Waals surface area contributed by atoms with Gasteiger partial charge in [0.2, 0.25) is 0 Å². The van der Waals surface area contributed by atoms with Crippen LogP contribution in [0.2, 0.25) is 5.02 Å². The second kappa shape index (κ2) is 11.8. The summed E-state index contributed by atoms with van der Waals surface area (Å²) in [5.74, 6) is 1.45. The smallest absolute Gasteiger partial charge is 0.323 e. The highest BCUT2D eigenvalue weighted by atomic mass is 35.5. The Morgan fingerprint density at radius 1 is 1.08 bits per heavy atom. The number of aromatic nitrogens is 2. The van der Waals surface area contributed by atoms with Crippen molar-refractivity contribution in [2.45, 2.75) is 18.9 Å². The minimum atomic E-state index is -0.372. The van der Waals surface area contributed by atoms with Crippen LogP contribution in [0.3, 0.4) is 0 Å². The molecule has 0 spiro atoms. The van der Waals surface area contributed by atoms with Gasteiger partial charge in [0.1, 0.15) is 17.6 Å². The highest BCUT2D eigenvalue weighted by Crippen LogP contribution is 2.29. The maximum Gasteiger partial charge on any atom is 0.323 e. The van der Waals surface area contributed by atoms with Crippen LogP contribution >= 0.6 is 11.6 Å². The van der Waals surface area contributed by atoms with Crippen LogP contribution in [0.15, 0.2) is 79.3 Å². The van der Waals surface area contributed by atoms with E-state index >= 15 is 0 Å². The quantitative estimate of drug-likeness (QED) is 0.246. The number of nitrogens with one attached hydrogen (secondary N) is 3.